The first kappa shape index (κ1) is 24.5. The number of aryl methyl sites for hydroxylation is 2. The van der Waals surface area contributed by atoms with E-state index in [0.717, 1.165) is 38.4 Å². The van der Waals surface area contributed by atoms with Crippen LogP contribution in [-0.2, 0) is 16.6 Å². The van der Waals surface area contributed by atoms with Crippen LogP contribution in [0.2, 0.25) is 0 Å². The van der Waals surface area contributed by atoms with Gasteiger partial charge in [-0.15, -0.1) is 0 Å². The molecule has 0 unspecified atom stereocenters. The maximum absolute atomic E-state index is 13.2. The van der Waals surface area contributed by atoms with E-state index in [2.05, 4.69) is 28.2 Å². The second-order valence-corrected chi connectivity index (χ2v) is 10.6. The SMILES string of the molecule is Cc1c2ccccc2nc2c1c1cc(NC(=O)[C@H](CC(C)C)NC(=O)OC(C)(C)C)ccc1n2C. The molecule has 0 saturated carbocycles. The highest BCUT2D eigenvalue weighted by Gasteiger charge is 2.25. The molecule has 184 valence electrons. The minimum Gasteiger partial charge on any atom is -0.444 e. The van der Waals surface area contributed by atoms with Crippen molar-refractivity contribution in [3.05, 3.63) is 48.0 Å². The number of ether oxygens (including phenoxy) is 1. The van der Waals surface area contributed by atoms with E-state index in [1.165, 1.54) is 0 Å². The van der Waals surface area contributed by atoms with E-state index < -0.39 is 17.7 Å². The van der Waals surface area contributed by atoms with E-state index in [1.54, 1.807) is 20.8 Å². The number of carbonyl (C=O) groups excluding carboxylic acids is 2. The topological polar surface area (TPSA) is 85.2 Å². The van der Waals surface area contributed by atoms with Crippen LogP contribution in [0.1, 0.15) is 46.6 Å². The number of hydrogen-bond donors (Lipinski definition) is 2. The van der Waals surface area contributed by atoms with Gasteiger partial charge < -0.3 is 19.9 Å². The van der Waals surface area contributed by atoms with E-state index in [9.17, 15) is 9.59 Å². The molecule has 4 aromatic rings. The van der Waals surface area contributed by atoms with Crippen LogP contribution in [0.3, 0.4) is 0 Å². The lowest BCUT2D eigenvalue weighted by Gasteiger charge is -2.24. The van der Waals surface area contributed by atoms with Crippen molar-refractivity contribution in [2.75, 3.05) is 5.32 Å². The van der Waals surface area contributed by atoms with Crippen molar-refractivity contribution in [2.24, 2.45) is 13.0 Å². The Hall–Kier alpha value is -3.61. The number of para-hydroxylation sites is 1. The Morgan fingerprint density at radius 3 is 2.49 bits per heavy atom. The number of rotatable bonds is 5. The molecule has 7 heteroatoms. The van der Waals surface area contributed by atoms with Crippen LogP contribution in [0, 0.1) is 12.8 Å². The van der Waals surface area contributed by atoms with Crippen LogP contribution in [0.5, 0.6) is 0 Å². The minimum absolute atomic E-state index is 0.211. The molecule has 0 aliphatic carbocycles. The van der Waals surface area contributed by atoms with Crippen LogP contribution in [0.25, 0.3) is 32.8 Å². The zero-order chi connectivity index (χ0) is 25.5. The number of anilines is 1. The molecule has 0 radical (unpaired) electrons. The zero-order valence-corrected chi connectivity index (χ0v) is 21.5. The summed E-state index contributed by atoms with van der Waals surface area (Å²) in [5, 5.41) is 8.95. The summed E-state index contributed by atoms with van der Waals surface area (Å²) >= 11 is 0. The highest BCUT2D eigenvalue weighted by atomic mass is 16.6. The van der Waals surface area contributed by atoms with Crippen molar-refractivity contribution in [1.29, 1.82) is 0 Å². The quantitative estimate of drug-likeness (QED) is 0.368. The van der Waals surface area contributed by atoms with E-state index in [4.69, 9.17) is 9.72 Å². The van der Waals surface area contributed by atoms with Crippen molar-refractivity contribution in [1.82, 2.24) is 14.9 Å². The van der Waals surface area contributed by atoms with Crippen LogP contribution in [0.4, 0.5) is 10.5 Å². The van der Waals surface area contributed by atoms with Gasteiger partial charge in [0.2, 0.25) is 5.91 Å². The summed E-state index contributed by atoms with van der Waals surface area (Å²) in [5.74, 6) is -0.0623. The third-order valence-corrected chi connectivity index (χ3v) is 6.06. The summed E-state index contributed by atoms with van der Waals surface area (Å²) in [5.41, 5.74) is 4.09. The number of amides is 2. The Kier molecular flexibility index (Phi) is 6.45. The predicted octanol–water partition coefficient (Wildman–Crippen LogP) is 6.07. The summed E-state index contributed by atoms with van der Waals surface area (Å²) in [4.78, 5) is 30.5. The summed E-state index contributed by atoms with van der Waals surface area (Å²) in [7, 11) is 2.01. The van der Waals surface area contributed by atoms with Gasteiger partial charge in [-0.2, -0.15) is 0 Å². The van der Waals surface area contributed by atoms with Crippen molar-refractivity contribution in [3.63, 3.8) is 0 Å². The van der Waals surface area contributed by atoms with Gasteiger partial charge in [0, 0.05) is 28.9 Å². The Bertz CT molecular complexity index is 1430. The molecule has 0 saturated heterocycles. The van der Waals surface area contributed by atoms with E-state index >= 15 is 0 Å². The van der Waals surface area contributed by atoms with Crippen LogP contribution in [-0.4, -0.2) is 33.2 Å². The van der Waals surface area contributed by atoms with Gasteiger partial charge in [0.1, 0.15) is 17.3 Å². The van der Waals surface area contributed by atoms with Crippen LogP contribution < -0.4 is 10.6 Å². The number of aromatic nitrogens is 2. The van der Waals surface area contributed by atoms with Gasteiger partial charge in [0.15, 0.2) is 0 Å². The van der Waals surface area contributed by atoms with E-state index in [-0.39, 0.29) is 11.8 Å². The van der Waals surface area contributed by atoms with Gasteiger partial charge in [-0.05, 0) is 69.9 Å². The number of pyridine rings is 1. The number of carbonyl (C=O) groups is 2. The molecule has 0 spiro atoms. The van der Waals surface area contributed by atoms with Gasteiger partial charge in [-0.3, -0.25) is 4.79 Å². The zero-order valence-electron chi connectivity index (χ0n) is 21.5. The number of hydrogen-bond acceptors (Lipinski definition) is 4. The third kappa shape index (κ3) is 5.09. The summed E-state index contributed by atoms with van der Waals surface area (Å²) in [6.45, 7) is 11.5. The monoisotopic (exact) mass is 474 g/mol. The molecule has 7 nitrogen and oxygen atoms in total. The molecule has 2 amide bonds. The smallest absolute Gasteiger partial charge is 0.408 e. The summed E-state index contributed by atoms with van der Waals surface area (Å²) in [6.07, 6.45) is -0.104. The third-order valence-electron chi connectivity index (χ3n) is 6.06. The minimum atomic E-state index is -0.708. The second-order valence-electron chi connectivity index (χ2n) is 10.6. The maximum Gasteiger partial charge on any atom is 0.408 e. The Morgan fingerprint density at radius 2 is 1.80 bits per heavy atom. The number of nitrogens with one attached hydrogen (secondary N) is 2. The second kappa shape index (κ2) is 9.21. The standard InChI is InChI=1S/C28H34N4O3/c1-16(2)14-22(31-27(34)35-28(4,5)6)26(33)29-18-12-13-23-20(15-18)24-17(3)19-10-8-9-11-21(19)30-25(24)32(23)7/h8-13,15-16,22H,14H2,1-7H3,(H,29,33)(H,31,34)/t22-/m0/s1. The van der Waals surface area contributed by atoms with Crippen molar-refractivity contribution in [3.8, 4) is 0 Å². The molecule has 1 atom stereocenters. The lowest BCUT2D eigenvalue weighted by molar-refractivity contribution is -0.118. The first-order chi connectivity index (χ1) is 16.4. The Balaban J connectivity index is 1.68. The van der Waals surface area contributed by atoms with Gasteiger partial charge in [-0.1, -0.05) is 32.0 Å². The molecule has 35 heavy (non-hydrogen) atoms. The number of benzene rings is 2. The van der Waals surface area contributed by atoms with Gasteiger partial charge in [0.05, 0.1) is 11.0 Å². The predicted molar refractivity (Wildman–Crippen MR) is 142 cm³/mol. The first-order valence-corrected chi connectivity index (χ1v) is 12.0. The molecule has 0 aliphatic heterocycles. The van der Waals surface area contributed by atoms with Crippen LogP contribution >= 0.6 is 0 Å². The molecule has 2 heterocycles. The maximum atomic E-state index is 13.2. The fourth-order valence-corrected chi connectivity index (χ4v) is 4.53. The van der Waals surface area contributed by atoms with Crippen molar-refractivity contribution in [2.45, 2.75) is 59.6 Å². The Morgan fingerprint density at radius 1 is 1.09 bits per heavy atom. The largest absolute Gasteiger partial charge is 0.444 e. The number of fused-ring (bicyclic) bond motifs is 4. The highest BCUT2D eigenvalue weighted by molar-refractivity contribution is 6.14. The lowest BCUT2D eigenvalue weighted by atomic mass is 10.0. The summed E-state index contributed by atoms with van der Waals surface area (Å²) in [6, 6.07) is 13.3. The fraction of sp³-hybridized carbons (Fsp3) is 0.393. The van der Waals surface area contributed by atoms with Gasteiger partial charge in [0.25, 0.3) is 0 Å². The molecular formula is C28H34N4O3. The molecule has 0 bridgehead atoms. The molecule has 2 aromatic heterocycles. The molecule has 2 N–H and O–H groups in total. The van der Waals surface area contributed by atoms with E-state index in [0.29, 0.717) is 12.1 Å². The van der Waals surface area contributed by atoms with Gasteiger partial charge in [-0.25, -0.2) is 9.78 Å². The van der Waals surface area contributed by atoms with E-state index in [1.807, 2.05) is 57.3 Å². The normalized spacial score (nSPS) is 12.9. The molecular weight excluding hydrogens is 440 g/mol. The van der Waals surface area contributed by atoms with Crippen molar-refractivity contribution >= 4 is 50.5 Å². The van der Waals surface area contributed by atoms with Gasteiger partial charge >= 0.3 is 6.09 Å². The molecule has 4 rings (SSSR count). The molecule has 2 aromatic carbocycles. The fourth-order valence-electron chi connectivity index (χ4n) is 4.53. The summed E-state index contributed by atoms with van der Waals surface area (Å²) < 4.78 is 7.45. The first-order valence-electron chi connectivity index (χ1n) is 12.0. The number of nitrogens with zero attached hydrogens (tertiary/aromatic N) is 2. The Labute approximate surface area is 205 Å². The van der Waals surface area contributed by atoms with Crippen LogP contribution in [0.15, 0.2) is 42.5 Å². The molecule has 0 fully saturated rings. The number of alkyl carbamates (subject to hydrolysis) is 1. The lowest BCUT2D eigenvalue weighted by Crippen LogP contribution is -2.46. The average Bonchev–Trinajstić information content (AvgIpc) is 3.03. The highest BCUT2D eigenvalue weighted by Crippen LogP contribution is 2.34. The molecule has 0 aliphatic rings. The van der Waals surface area contributed by atoms with Crippen molar-refractivity contribution < 1.29 is 14.3 Å². The average molecular weight is 475 g/mol.